The highest BCUT2D eigenvalue weighted by molar-refractivity contribution is 6.40. The predicted octanol–water partition coefficient (Wildman–Crippen LogP) is 12.0. The normalized spacial score (nSPS) is 10.9. The second-order valence-corrected chi connectivity index (χ2v) is 13.4. The Morgan fingerprint density at radius 2 is 0.981 bits per heavy atom. The smallest absolute Gasteiger partial charge is 0.315 e. The number of carbonyl (C=O) groups excluding carboxylic acids is 2. The Kier molecular flexibility index (Phi) is 12.2. The van der Waals surface area contributed by atoms with Gasteiger partial charge in [-0.05, 0) is 82.9 Å². The molecule has 0 bridgehead atoms. The molecule has 3 N–H and O–H groups in total. The molecule has 0 heterocycles. The molecule has 0 unspecified atom stereocenters. The zero-order chi connectivity index (χ0) is 37.3. The minimum Gasteiger partial charge on any atom is -0.508 e. The van der Waals surface area contributed by atoms with Gasteiger partial charge in [0.1, 0.15) is 17.2 Å². The van der Waals surface area contributed by atoms with Crippen LogP contribution in [0.4, 0.5) is 22.7 Å². The summed E-state index contributed by atoms with van der Waals surface area (Å²) in [5.74, 6) is -0.480. The van der Waals surface area contributed by atoms with Gasteiger partial charge in [0.05, 0.1) is 44.3 Å². The second kappa shape index (κ2) is 17.4. The molecule has 7 nitrogen and oxygen atoms in total. The van der Waals surface area contributed by atoms with Gasteiger partial charge in [0, 0.05) is 17.4 Å². The molecule has 6 aromatic carbocycles. The number of phenolic OH excluding ortho intramolecular Hbond substituents is 1. The summed E-state index contributed by atoms with van der Waals surface area (Å²) >= 11 is 25.3. The number of nitrogens with one attached hydrogen (secondary N) is 2. The third-order valence-electron chi connectivity index (χ3n) is 7.87. The Morgan fingerprint density at radius 1 is 0.528 bits per heavy atom. The maximum Gasteiger partial charge on any atom is 0.315 e. The van der Waals surface area contributed by atoms with Crippen molar-refractivity contribution in [3.63, 3.8) is 0 Å². The van der Waals surface area contributed by atoms with Crippen LogP contribution in [0.5, 0.6) is 17.2 Å². The number of rotatable bonds is 12. The molecule has 53 heavy (non-hydrogen) atoms. The Hall–Kier alpha value is -5.44. The van der Waals surface area contributed by atoms with E-state index < -0.39 is 11.9 Å². The number of anilines is 4. The quantitative estimate of drug-likeness (QED) is 0.0646. The van der Waals surface area contributed by atoms with Crippen LogP contribution in [-0.4, -0.2) is 17.0 Å². The first-order valence-electron chi connectivity index (χ1n) is 16.2. The highest BCUT2D eigenvalue weighted by Crippen LogP contribution is 2.35. The van der Waals surface area contributed by atoms with Crippen LogP contribution in [0.1, 0.15) is 22.3 Å². The van der Waals surface area contributed by atoms with Crippen molar-refractivity contribution in [1.29, 1.82) is 0 Å². The van der Waals surface area contributed by atoms with Gasteiger partial charge in [-0.15, -0.1) is 0 Å². The summed E-state index contributed by atoms with van der Waals surface area (Å²) in [5, 5.41) is 18.6. The number of aromatic hydroxyl groups is 1. The summed E-state index contributed by atoms with van der Waals surface area (Å²) in [6, 6.07) is 36.5. The molecule has 0 amide bonds. The number of ether oxygens (including phenoxy) is 2. The molecular formula is C42H30Cl4N2O5. The first-order chi connectivity index (χ1) is 25.6. The van der Waals surface area contributed by atoms with E-state index in [-0.39, 0.29) is 24.3 Å². The van der Waals surface area contributed by atoms with E-state index in [9.17, 15) is 14.7 Å². The maximum absolute atomic E-state index is 13.0. The van der Waals surface area contributed by atoms with Gasteiger partial charge in [0.2, 0.25) is 0 Å². The van der Waals surface area contributed by atoms with Crippen LogP contribution in [0.2, 0.25) is 20.1 Å². The van der Waals surface area contributed by atoms with Crippen molar-refractivity contribution in [3.05, 3.63) is 170 Å². The van der Waals surface area contributed by atoms with Gasteiger partial charge >= 0.3 is 11.9 Å². The monoisotopic (exact) mass is 782 g/mol. The molecule has 0 radical (unpaired) electrons. The largest absolute Gasteiger partial charge is 0.508 e. The van der Waals surface area contributed by atoms with Crippen LogP contribution in [0, 0.1) is 0 Å². The highest BCUT2D eigenvalue weighted by Gasteiger charge is 2.15. The van der Waals surface area contributed by atoms with E-state index in [1.54, 1.807) is 84.9 Å². The van der Waals surface area contributed by atoms with Crippen LogP contribution < -0.4 is 20.1 Å². The van der Waals surface area contributed by atoms with Gasteiger partial charge in [-0.2, -0.15) is 0 Å². The van der Waals surface area contributed by atoms with E-state index in [2.05, 4.69) is 10.6 Å². The third kappa shape index (κ3) is 10.1. The number of para-hydroxylation sites is 4. The number of phenols is 1. The maximum atomic E-state index is 13.0. The average Bonchev–Trinajstić information content (AvgIpc) is 3.12. The Labute approximate surface area is 326 Å². The van der Waals surface area contributed by atoms with Gasteiger partial charge in [-0.1, -0.05) is 119 Å². The number of hydrogen-bond acceptors (Lipinski definition) is 7. The lowest BCUT2D eigenvalue weighted by molar-refractivity contribution is -0.134. The van der Waals surface area contributed by atoms with E-state index in [0.29, 0.717) is 65.3 Å². The molecule has 0 atom stereocenters. The van der Waals surface area contributed by atoms with Gasteiger partial charge in [0.15, 0.2) is 0 Å². The fraction of sp³-hybridized carbons (Fsp3) is 0.0476. The van der Waals surface area contributed by atoms with Gasteiger partial charge in [-0.25, -0.2) is 0 Å². The zero-order valence-electron chi connectivity index (χ0n) is 27.8. The minimum atomic E-state index is -0.528. The Morgan fingerprint density at radius 3 is 1.49 bits per heavy atom. The number of esters is 2. The van der Waals surface area contributed by atoms with E-state index in [0.717, 1.165) is 5.56 Å². The average molecular weight is 785 g/mol. The summed E-state index contributed by atoms with van der Waals surface area (Å²) in [4.78, 5) is 25.9. The standard InChI is InChI=1S/C42H30Cl4N2O5/c43-33-9-5-10-34(44)41(33)47-37-13-3-1-7-28(37)23-39(50)52-31-19-17-26(18-20-31)15-16-27-21-30(49)25-32(22-27)53-40(51)24-29-8-2-4-14-38(29)48-42-35(45)11-6-12-36(42)46/h1-22,25,47-49H,23-24H2/b16-15+. The van der Waals surface area contributed by atoms with Crippen molar-refractivity contribution in [1.82, 2.24) is 0 Å². The van der Waals surface area contributed by atoms with E-state index in [1.807, 2.05) is 48.5 Å². The van der Waals surface area contributed by atoms with Crippen LogP contribution >= 0.6 is 46.4 Å². The topological polar surface area (TPSA) is 96.9 Å². The number of benzene rings is 6. The molecule has 6 rings (SSSR count). The first kappa shape index (κ1) is 37.3. The lowest BCUT2D eigenvalue weighted by atomic mass is 10.1. The molecule has 0 fully saturated rings. The van der Waals surface area contributed by atoms with E-state index in [1.165, 1.54) is 6.07 Å². The second-order valence-electron chi connectivity index (χ2n) is 11.7. The van der Waals surface area contributed by atoms with Crippen molar-refractivity contribution in [2.75, 3.05) is 10.6 Å². The van der Waals surface area contributed by atoms with Gasteiger partial charge < -0.3 is 25.2 Å². The van der Waals surface area contributed by atoms with Crippen LogP contribution in [0.25, 0.3) is 12.2 Å². The molecule has 266 valence electrons. The number of hydrogen-bond donors (Lipinski definition) is 3. The third-order valence-corrected chi connectivity index (χ3v) is 9.13. The molecule has 0 spiro atoms. The van der Waals surface area contributed by atoms with Crippen LogP contribution in [0.15, 0.2) is 127 Å². The van der Waals surface area contributed by atoms with Gasteiger partial charge in [-0.3, -0.25) is 9.59 Å². The Balaban J connectivity index is 1.06. The molecule has 0 aromatic heterocycles. The molecule has 11 heteroatoms. The SMILES string of the molecule is O=C(Cc1ccccc1Nc1c(Cl)cccc1Cl)Oc1ccc(/C=C/c2cc(O)cc(OC(=O)Cc3ccccc3Nc3c(Cl)cccc3Cl)c2)cc1. The Bertz CT molecular complexity index is 2270. The highest BCUT2D eigenvalue weighted by atomic mass is 35.5. The van der Waals surface area contributed by atoms with Crippen LogP contribution in [0.3, 0.4) is 0 Å². The zero-order valence-corrected chi connectivity index (χ0v) is 30.8. The number of halogens is 4. The summed E-state index contributed by atoms with van der Waals surface area (Å²) < 4.78 is 11.2. The van der Waals surface area contributed by atoms with E-state index >= 15 is 0 Å². The van der Waals surface area contributed by atoms with E-state index in [4.69, 9.17) is 55.9 Å². The van der Waals surface area contributed by atoms with Crippen molar-refractivity contribution >= 4 is 93.2 Å². The van der Waals surface area contributed by atoms with Crippen molar-refractivity contribution in [2.45, 2.75) is 12.8 Å². The summed E-state index contributed by atoms with van der Waals surface area (Å²) in [5.41, 5.74) is 5.21. The fourth-order valence-corrected chi connectivity index (χ4v) is 6.33. The fourth-order valence-electron chi connectivity index (χ4n) is 5.34. The summed E-state index contributed by atoms with van der Waals surface area (Å²) in [7, 11) is 0. The van der Waals surface area contributed by atoms with Crippen molar-refractivity contribution in [2.24, 2.45) is 0 Å². The summed E-state index contributed by atoms with van der Waals surface area (Å²) in [6.45, 7) is 0. The molecule has 0 saturated carbocycles. The molecule has 0 aliphatic heterocycles. The first-order valence-corrected chi connectivity index (χ1v) is 17.7. The molecular weight excluding hydrogens is 754 g/mol. The summed E-state index contributed by atoms with van der Waals surface area (Å²) in [6.07, 6.45) is 3.54. The van der Waals surface area contributed by atoms with Crippen LogP contribution in [-0.2, 0) is 22.4 Å². The lowest BCUT2D eigenvalue weighted by Crippen LogP contribution is -2.12. The molecule has 6 aromatic rings. The predicted molar refractivity (Wildman–Crippen MR) is 215 cm³/mol. The molecule has 0 aliphatic carbocycles. The minimum absolute atomic E-state index is 0.0120. The molecule has 0 aliphatic rings. The van der Waals surface area contributed by atoms with Gasteiger partial charge in [0.25, 0.3) is 0 Å². The number of carbonyl (C=O) groups is 2. The van der Waals surface area contributed by atoms with Crippen molar-refractivity contribution < 1.29 is 24.2 Å². The molecule has 0 saturated heterocycles. The lowest BCUT2D eigenvalue weighted by Gasteiger charge is -2.14. The van der Waals surface area contributed by atoms with Crippen molar-refractivity contribution in [3.8, 4) is 17.2 Å².